The molecule has 0 heterocycles. The Hall–Kier alpha value is -0.566. The second-order valence-corrected chi connectivity index (χ2v) is 6.41. The van der Waals surface area contributed by atoms with Crippen LogP contribution in [0.5, 0.6) is 0 Å². The number of benzene rings is 2. The molecule has 2 aromatic rings. The molecule has 0 fully saturated rings. The van der Waals surface area contributed by atoms with Crippen LogP contribution in [0.15, 0.2) is 54.1 Å². The second kappa shape index (κ2) is 8.01. The summed E-state index contributed by atoms with van der Waals surface area (Å²) in [4.78, 5) is 0. The van der Waals surface area contributed by atoms with Gasteiger partial charge in [0.2, 0.25) is 0 Å². The molecule has 0 atom stereocenters. The molecule has 2 aromatic carbocycles. The minimum atomic E-state index is -0.313. The average Bonchev–Trinajstić information content (AvgIpc) is 2.92. The first kappa shape index (κ1) is 20.5. The van der Waals surface area contributed by atoms with Gasteiger partial charge in [-0.05, 0) is 0 Å². The molecule has 0 spiro atoms. The van der Waals surface area contributed by atoms with Gasteiger partial charge in [0, 0.05) is 0 Å². The predicted molar refractivity (Wildman–Crippen MR) is 84.4 cm³/mol. The van der Waals surface area contributed by atoms with Crippen LogP contribution in [0.4, 0.5) is 0 Å². The Bertz CT molecular complexity index is 763. The summed E-state index contributed by atoms with van der Waals surface area (Å²) in [6.07, 6.45) is 5.47. The molecule has 1 aliphatic carbocycles. The Morgan fingerprint density at radius 1 is 1.04 bits per heavy atom. The van der Waals surface area contributed by atoms with E-state index in [2.05, 4.69) is 69.3 Å². The molecule has 1 aliphatic rings. The van der Waals surface area contributed by atoms with E-state index in [-0.39, 0.29) is 30.4 Å². The summed E-state index contributed by atoms with van der Waals surface area (Å²) in [6, 6.07) is 13.0. The first-order valence-corrected chi connectivity index (χ1v) is 7.92. The topological polar surface area (TPSA) is 9.23 Å². The minimum absolute atomic E-state index is 0. The fraction of sp³-hybridized carbons (Fsp3) is 0.263. The minimum Gasteiger partial charge on any atom is -1.00 e. The maximum absolute atomic E-state index is 5.82. The fourth-order valence-corrected chi connectivity index (χ4v) is 3.32. The van der Waals surface area contributed by atoms with Gasteiger partial charge >= 0.3 is 139 Å². The number of hydrogen-bond donors (Lipinski definition) is 0. The third kappa shape index (κ3) is 3.75. The Balaban J connectivity index is 0.00000132. The Kier molecular flexibility index (Phi) is 7.13. The van der Waals surface area contributed by atoms with Crippen LogP contribution in [0.2, 0.25) is 0 Å². The third-order valence-electron chi connectivity index (χ3n) is 4.28. The van der Waals surface area contributed by atoms with E-state index in [0.717, 1.165) is 6.42 Å². The van der Waals surface area contributed by atoms with E-state index in [1.807, 2.05) is 0 Å². The van der Waals surface area contributed by atoms with Crippen molar-refractivity contribution in [1.29, 1.82) is 0 Å². The number of rotatable bonds is 3. The predicted octanol–water partition coefficient (Wildman–Crippen LogP) is -0.705. The maximum atomic E-state index is 5.82. The van der Waals surface area contributed by atoms with Gasteiger partial charge in [-0.3, -0.25) is 0 Å². The van der Waals surface area contributed by atoms with Gasteiger partial charge in [-0.2, -0.15) is 0 Å². The van der Waals surface area contributed by atoms with Crippen molar-refractivity contribution in [2.24, 2.45) is 0 Å². The molecule has 0 unspecified atom stereocenters. The summed E-state index contributed by atoms with van der Waals surface area (Å²) in [5, 5.41) is 2.56. The molecule has 0 bridgehead atoms. The van der Waals surface area contributed by atoms with E-state index >= 15 is 0 Å². The second-order valence-electron chi connectivity index (χ2n) is 6.09. The quantitative estimate of drug-likeness (QED) is 0.638. The van der Waals surface area contributed by atoms with Crippen LogP contribution in [0.1, 0.15) is 38.3 Å². The number of fused-ring (bicyclic) bond motifs is 1. The molecule has 0 N–H and O–H groups in total. The van der Waals surface area contributed by atoms with Crippen LogP contribution in [0.3, 0.4) is 0 Å². The van der Waals surface area contributed by atoms with Gasteiger partial charge in [0.05, 0.1) is 0 Å². The van der Waals surface area contributed by atoms with Crippen LogP contribution in [-0.4, -0.2) is 0 Å². The molecule has 0 amide bonds. The molecule has 0 aliphatic heterocycles. The van der Waals surface area contributed by atoms with Crippen LogP contribution >= 0.6 is 0 Å². The first-order valence-electron chi connectivity index (χ1n) is 7.28. The molecule has 3 rings (SSSR count). The van der Waals surface area contributed by atoms with Crippen LogP contribution in [0, 0.1) is 0 Å². The normalized spacial score (nSPS) is 14.0. The molecule has 1 nitrogen and oxygen atoms in total. The van der Waals surface area contributed by atoms with E-state index in [4.69, 9.17) is 3.32 Å². The van der Waals surface area contributed by atoms with Crippen molar-refractivity contribution in [1.82, 2.24) is 0 Å². The van der Waals surface area contributed by atoms with E-state index in [9.17, 15) is 0 Å². The summed E-state index contributed by atoms with van der Waals surface area (Å²) in [6.45, 7) is 6.49. The Morgan fingerprint density at radius 2 is 1.74 bits per heavy atom. The van der Waals surface area contributed by atoms with E-state index in [1.165, 1.54) is 33.0 Å². The number of hydrogen-bond acceptors (Lipinski definition) is 1. The maximum Gasteiger partial charge on any atom is -1.00 e. The molecule has 0 saturated heterocycles. The van der Waals surface area contributed by atoms with Gasteiger partial charge in [0.25, 0.3) is 0 Å². The molecule has 0 radical (unpaired) electrons. The zero-order valence-electron chi connectivity index (χ0n) is 13.5. The molecule has 4 heteroatoms. The van der Waals surface area contributed by atoms with Gasteiger partial charge in [0.1, 0.15) is 0 Å². The summed E-state index contributed by atoms with van der Waals surface area (Å²) in [5.41, 5.74) is 5.08. The Labute approximate surface area is 162 Å². The van der Waals surface area contributed by atoms with Crippen molar-refractivity contribution in [2.75, 3.05) is 0 Å². The molecule has 119 valence electrons. The van der Waals surface area contributed by atoms with Gasteiger partial charge in [-0.15, -0.1) is 0 Å². The van der Waals surface area contributed by atoms with Crippen molar-refractivity contribution in [3.8, 4) is 0 Å². The van der Waals surface area contributed by atoms with Gasteiger partial charge in [0.15, 0.2) is 0 Å². The van der Waals surface area contributed by atoms with Crippen LogP contribution in [0.25, 0.3) is 16.3 Å². The standard InChI is InChI=1S/C19H19O.2ClH.Ti/c1-13-7-6-10-15(13)17-12-11-14-8-4-5-9-16(14)18(17)19(2,3)20;;;/h4-9,11-12H,10H2,1-3H3;2*1H;/q-1;;;+3/p-2. The first-order chi connectivity index (χ1) is 10.0. The van der Waals surface area contributed by atoms with Crippen molar-refractivity contribution in [3.05, 3.63) is 65.3 Å². The van der Waals surface area contributed by atoms with E-state index in [0.29, 0.717) is 0 Å². The molecule has 23 heavy (non-hydrogen) atoms. The van der Waals surface area contributed by atoms with Crippen molar-refractivity contribution in [3.63, 3.8) is 0 Å². The summed E-state index contributed by atoms with van der Waals surface area (Å²) in [7, 11) is 0. The Morgan fingerprint density at radius 3 is 2.35 bits per heavy atom. The van der Waals surface area contributed by atoms with Gasteiger partial charge in [-0.1, -0.05) is 0 Å². The van der Waals surface area contributed by atoms with Gasteiger partial charge < -0.3 is 24.8 Å². The van der Waals surface area contributed by atoms with Crippen molar-refractivity contribution in [2.45, 2.75) is 32.8 Å². The SMILES string of the molecule is CC1=C(c2ccc3ccccc3c2C(C)(C)[O][Ti+2])CC=C1.[Cl-].[Cl-]. The average molecular weight is 382 g/mol. The zero-order valence-corrected chi connectivity index (χ0v) is 16.6. The van der Waals surface area contributed by atoms with E-state index < -0.39 is 0 Å². The summed E-state index contributed by atoms with van der Waals surface area (Å²) >= 11 is 1.79. The van der Waals surface area contributed by atoms with Crippen LogP contribution < -0.4 is 24.8 Å². The molecule has 0 saturated carbocycles. The molecular weight excluding hydrogens is 363 g/mol. The molecule has 0 aromatic heterocycles. The van der Waals surface area contributed by atoms with Crippen molar-refractivity contribution >= 4 is 16.3 Å². The third-order valence-corrected chi connectivity index (χ3v) is 5.07. The molecular formula is C19H19Cl2OTi. The van der Waals surface area contributed by atoms with E-state index in [1.54, 1.807) is 20.8 Å². The largest absolute Gasteiger partial charge is 1.00 e. The summed E-state index contributed by atoms with van der Waals surface area (Å²) < 4.78 is 5.82. The number of halogens is 2. The zero-order chi connectivity index (χ0) is 15.0. The van der Waals surface area contributed by atoms with Crippen molar-refractivity contribution < 1.29 is 49.0 Å². The van der Waals surface area contributed by atoms with Crippen LogP contribution in [-0.2, 0) is 29.7 Å². The van der Waals surface area contributed by atoms with Gasteiger partial charge in [-0.25, -0.2) is 0 Å². The summed E-state index contributed by atoms with van der Waals surface area (Å²) in [5.74, 6) is 0. The monoisotopic (exact) mass is 381 g/mol. The smallest absolute Gasteiger partial charge is 1.00 e. The fourth-order valence-electron chi connectivity index (χ4n) is 3.16. The number of allylic oxidation sites excluding steroid dienone is 4.